The van der Waals surface area contributed by atoms with E-state index in [-0.39, 0.29) is 5.41 Å². The first kappa shape index (κ1) is 14.1. The smallest absolute Gasteiger partial charge is 0.188 e. The summed E-state index contributed by atoms with van der Waals surface area (Å²) in [6.45, 7) is 5.13. The molecule has 0 aliphatic heterocycles. The quantitative estimate of drug-likeness (QED) is 0.494. The monoisotopic (exact) mass is 277 g/mol. The maximum absolute atomic E-state index is 5.88. The highest BCUT2D eigenvalue weighted by Gasteiger charge is 2.34. The molecule has 0 atom stereocenters. The van der Waals surface area contributed by atoms with Gasteiger partial charge >= 0.3 is 0 Å². The van der Waals surface area contributed by atoms with Crippen LogP contribution in [0.25, 0.3) is 0 Å². The fourth-order valence-electron chi connectivity index (χ4n) is 2.76. The number of nitrogens with one attached hydrogen (secondary N) is 1. The highest BCUT2D eigenvalue weighted by Crippen LogP contribution is 2.41. The van der Waals surface area contributed by atoms with E-state index in [0.29, 0.717) is 12.5 Å². The molecule has 0 saturated heterocycles. The van der Waals surface area contributed by atoms with Gasteiger partial charge in [0.1, 0.15) is 0 Å². The maximum Gasteiger partial charge on any atom is 0.188 e. The molecule has 1 aromatic heterocycles. The number of hydrogen-bond donors (Lipinski definition) is 2. The Hall–Kier alpha value is -1.29. The summed E-state index contributed by atoms with van der Waals surface area (Å²) in [5.41, 5.74) is 6.10. The lowest BCUT2D eigenvalue weighted by molar-refractivity contribution is 0.306. The van der Waals surface area contributed by atoms with Crippen LogP contribution in [0.5, 0.6) is 0 Å². The topological polar surface area (TPSA) is 50.4 Å². The molecule has 0 amide bonds. The third kappa shape index (κ3) is 3.60. The lowest BCUT2D eigenvalue weighted by Gasteiger charge is -2.35. The summed E-state index contributed by atoms with van der Waals surface area (Å²) >= 11 is 1.85. The summed E-state index contributed by atoms with van der Waals surface area (Å²) in [5.74, 6) is 0.529. The molecule has 1 aliphatic carbocycles. The van der Waals surface area contributed by atoms with E-state index in [0.717, 1.165) is 6.54 Å². The average molecular weight is 277 g/mol. The molecule has 0 spiro atoms. The highest BCUT2D eigenvalue weighted by molar-refractivity contribution is 7.10. The Balaban J connectivity index is 2.08. The molecule has 104 valence electrons. The highest BCUT2D eigenvalue weighted by atomic mass is 32.1. The third-order valence-electron chi connectivity index (χ3n) is 3.83. The summed E-state index contributed by atoms with van der Waals surface area (Å²) in [4.78, 5) is 6.02. The largest absolute Gasteiger partial charge is 0.370 e. The predicted molar refractivity (Wildman–Crippen MR) is 83.8 cm³/mol. The minimum atomic E-state index is 0.215. The van der Waals surface area contributed by atoms with Gasteiger partial charge in [0.15, 0.2) is 5.96 Å². The van der Waals surface area contributed by atoms with E-state index in [1.807, 2.05) is 11.3 Å². The van der Waals surface area contributed by atoms with Gasteiger partial charge < -0.3 is 11.1 Å². The molecule has 1 saturated carbocycles. The Bertz CT molecular complexity index is 417. The summed E-state index contributed by atoms with van der Waals surface area (Å²) in [6, 6.07) is 4.39. The van der Waals surface area contributed by atoms with Crippen LogP contribution in [-0.4, -0.2) is 19.0 Å². The first-order valence-corrected chi connectivity index (χ1v) is 7.83. The van der Waals surface area contributed by atoms with Crippen LogP contribution in [0.2, 0.25) is 0 Å². The Morgan fingerprint density at radius 3 is 2.89 bits per heavy atom. The lowest BCUT2D eigenvalue weighted by Crippen LogP contribution is -2.36. The fraction of sp³-hybridized carbons (Fsp3) is 0.533. The molecule has 1 aromatic rings. The number of nitrogens with zero attached hydrogens (tertiary/aromatic N) is 1. The number of nitrogens with two attached hydrogens (primary N) is 1. The zero-order valence-electron chi connectivity index (χ0n) is 11.4. The standard InChI is InChI=1S/C15H23N3S/c1-2-10-17-14(16)18-12-15(8-4-3-5-9-15)13-7-6-11-19-13/h2,6-7,11H,1,3-5,8-10,12H2,(H3,16,17,18). The Kier molecular flexibility index (Phi) is 5.02. The van der Waals surface area contributed by atoms with Crippen LogP contribution in [0.15, 0.2) is 35.2 Å². The van der Waals surface area contributed by atoms with Crippen molar-refractivity contribution >= 4 is 17.3 Å². The van der Waals surface area contributed by atoms with E-state index in [1.165, 1.54) is 37.0 Å². The Morgan fingerprint density at radius 1 is 1.47 bits per heavy atom. The molecule has 2 rings (SSSR count). The number of rotatable bonds is 5. The summed E-state index contributed by atoms with van der Waals surface area (Å²) < 4.78 is 0. The van der Waals surface area contributed by atoms with Crippen LogP contribution < -0.4 is 11.1 Å². The summed E-state index contributed by atoms with van der Waals surface area (Å²) in [5, 5.41) is 5.21. The molecule has 3 N–H and O–H groups in total. The van der Waals surface area contributed by atoms with Crippen molar-refractivity contribution in [3.63, 3.8) is 0 Å². The molecule has 1 fully saturated rings. The second-order valence-corrected chi connectivity index (χ2v) is 6.14. The van der Waals surface area contributed by atoms with Gasteiger partial charge in [-0.2, -0.15) is 0 Å². The molecular weight excluding hydrogens is 254 g/mol. The van der Waals surface area contributed by atoms with Crippen LogP contribution >= 0.6 is 11.3 Å². The lowest BCUT2D eigenvalue weighted by atomic mass is 9.73. The molecule has 0 radical (unpaired) electrons. The van der Waals surface area contributed by atoms with Gasteiger partial charge in [0.05, 0.1) is 6.54 Å². The third-order valence-corrected chi connectivity index (χ3v) is 4.95. The first-order chi connectivity index (χ1) is 9.27. The number of thiophene rings is 1. The second-order valence-electron chi connectivity index (χ2n) is 5.19. The molecular formula is C15H23N3S. The first-order valence-electron chi connectivity index (χ1n) is 6.95. The van der Waals surface area contributed by atoms with Crippen molar-refractivity contribution in [3.8, 4) is 0 Å². The molecule has 0 unspecified atom stereocenters. The van der Waals surface area contributed by atoms with E-state index in [2.05, 4.69) is 34.4 Å². The van der Waals surface area contributed by atoms with Crippen molar-refractivity contribution < 1.29 is 0 Å². The average Bonchev–Trinajstić information content (AvgIpc) is 2.98. The van der Waals surface area contributed by atoms with Crippen molar-refractivity contribution in [1.29, 1.82) is 0 Å². The van der Waals surface area contributed by atoms with E-state index >= 15 is 0 Å². The van der Waals surface area contributed by atoms with Crippen molar-refractivity contribution in [2.75, 3.05) is 13.1 Å². The van der Waals surface area contributed by atoms with Gasteiger partial charge in [0, 0.05) is 16.8 Å². The molecule has 4 heteroatoms. The van der Waals surface area contributed by atoms with Crippen LogP contribution in [0, 0.1) is 0 Å². The van der Waals surface area contributed by atoms with E-state index in [4.69, 9.17) is 5.73 Å². The van der Waals surface area contributed by atoms with Crippen LogP contribution in [0.1, 0.15) is 37.0 Å². The van der Waals surface area contributed by atoms with Gasteiger partial charge in [0.25, 0.3) is 0 Å². The Morgan fingerprint density at radius 2 is 2.26 bits per heavy atom. The SMILES string of the molecule is C=CCNC(N)=NCC1(c2cccs2)CCCCC1. The Labute approximate surface area is 119 Å². The minimum absolute atomic E-state index is 0.215. The molecule has 0 bridgehead atoms. The van der Waals surface area contributed by atoms with Crippen molar-refractivity contribution in [3.05, 3.63) is 35.0 Å². The van der Waals surface area contributed by atoms with Gasteiger partial charge in [-0.3, -0.25) is 4.99 Å². The van der Waals surface area contributed by atoms with E-state index in [9.17, 15) is 0 Å². The van der Waals surface area contributed by atoms with Crippen molar-refractivity contribution in [1.82, 2.24) is 5.32 Å². The molecule has 1 heterocycles. The van der Waals surface area contributed by atoms with Gasteiger partial charge in [-0.15, -0.1) is 17.9 Å². The second kappa shape index (κ2) is 6.75. The molecule has 1 aliphatic rings. The maximum atomic E-state index is 5.88. The summed E-state index contributed by atoms with van der Waals surface area (Å²) in [7, 11) is 0. The zero-order chi connectivity index (χ0) is 13.6. The van der Waals surface area contributed by atoms with E-state index in [1.54, 1.807) is 6.08 Å². The van der Waals surface area contributed by atoms with Crippen molar-refractivity contribution in [2.24, 2.45) is 10.7 Å². The minimum Gasteiger partial charge on any atom is -0.370 e. The number of aliphatic imine (C=N–C) groups is 1. The van der Waals surface area contributed by atoms with Gasteiger partial charge in [0.2, 0.25) is 0 Å². The normalized spacial score (nSPS) is 19.1. The number of hydrogen-bond acceptors (Lipinski definition) is 2. The van der Waals surface area contributed by atoms with Crippen LogP contribution in [-0.2, 0) is 5.41 Å². The van der Waals surface area contributed by atoms with Crippen LogP contribution in [0.3, 0.4) is 0 Å². The van der Waals surface area contributed by atoms with Crippen molar-refractivity contribution in [2.45, 2.75) is 37.5 Å². The predicted octanol–water partition coefficient (Wildman–Crippen LogP) is 3.04. The molecule has 19 heavy (non-hydrogen) atoms. The number of guanidine groups is 1. The molecule has 0 aromatic carbocycles. The molecule has 3 nitrogen and oxygen atoms in total. The summed E-state index contributed by atoms with van der Waals surface area (Å²) in [6.07, 6.45) is 8.19. The van der Waals surface area contributed by atoms with Gasteiger partial charge in [-0.25, -0.2) is 0 Å². The van der Waals surface area contributed by atoms with Gasteiger partial charge in [-0.1, -0.05) is 31.4 Å². The zero-order valence-corrected chi connectivity index (χ0v) is 12.2. The van der Waals surface area contributed by atoms with Crippen LogP contribution in [0.4, 0.5) is 0 Å². The fourth-order valence-corrected chi connectivity index (χ4v) is 3.74. The van der Waals surface area contributed by atoms with E-state index < -0.39 is 0 Å². The van der Waals surface area contributed by atoms with Gasteiger partial charge in [-0.05, 0) is 24.3 Å².